The summed E-state index contributed by atoms with van der Waals surface area (Å²) in [6.07, 6.45) is 7.31. The molecule has 1 amide bonds. The molecule has 1 heterocycles. The molecule has 0 saturated heterocycles. The number of amides is 1. The molecule has 0 radical (unpaired) electrons. The molecule has 0 aliphatic heterocycles. The molecule has 0 fully saturated rings. The number of likely N-dealkylation sites (N-methyl/N-ethyl adjacent to an activating group) is 1. The fraction of sp³-hybridized carbons (Fsp3) is 0.692. The second-order valence-electron chi connectivity index (χ2n) is 4.84. The quantitative estimate of drug-likeness (QED) is 0.777. The molecule has 2 rings (SSSR count). The number of fused-ring (bicyclic) bond motifs is 1. The van der Waals surface area contributed by atoms with Gasteiger partial charge in [-0.05, 0) is 38.6 Å². The standard InChI is InChI=1S/C13H22N4O/c1-2-15-11(13(14)18)7-8-17-9-16-10-5-3-4-6-12(10)17/h9,11,15H,2-8H2,1H3,(H2,14,18). The summed E-state index contributed by atoms with van der Waals surface area (Å²) in [4.78, 5) is 15.7. The summed E-state index contributed by atoms with van der Waals surface area (Å²) in [7, 11) is 0. The van der Waals surface area contributed by atoms with E-state index in [9.17, 15) is 4.79 Å². The molecule has 1 aliphatic rings. The minimum absolute atomic E-state index is 0.239. The highest BCUT2D eigenvalue weighted by atomic mass is 16.1. The Balaban J connectivity index is 1.97. The SMILES string of the molecule is CCNC(CCn1cnc2c1CCCC2)C(N)=O. The number of carbonyl (C=O) groups is 1. The Bertz CT molecular complexity index is 413. The van der Waals surface area contributed by atoms with Crippen LogP contribution >= 0.6 is 0 Å². The van der Waals surface area contributed by atoms with Gasteiger partial charge in [0.05, 0.1) is 18.1 Å². The number of aryl methyl sites for hydroxylation is 2. The maximum absolute atomic E-state index is 11.3. The highest BCUT2D eigenvalue weighted by Crippen LogP contribution is 2.20. The summed E-state index contributed by atoms with van der Waals surface area (Å²) in [5.41, 5.74) is 7.96. The number of nitrogens with two attached hydrogens (primary N) is 1. The van der Waals surface area contributed by atoms with Crippen LogP contribution in [0.3, 0.4) is 0 Å². The van der Waals surface area contributed by atoms with Crippen molar-refractivity contribution in [2.45, 2.75) is 51.6 Å². The number of nitrogens with one attached hydrogen (secondary N) is 1. The fourth-order valence-corrected chi connectivity index (χ4v) is 2.58. The molecule has 100 valence electrons. The molecule has 1 aliphatic carbocycles. The zero-order valence-electron chi connectivity index (χ0n) is 11.0. The van der Waals surface area contributed by atoms with Gasteiger partial charge in [-0.25, -0.2) is 4.98 Å². The van der Waals surface area contributed by atoms with Crippen molar-refractivity contribution in [3.05, 3.63) is 17.7 Å². The van der Waals surface area contributed by atoms with E-state index in [0.29, 0.717) is 0 Å². The van der Waals surface area contributed by atoms with Gasteiger partial charge in [-0.2, -0.15) is 0 Å². The Morgan fingerprint density at radius 1 is 1.56 bits per heavy atom. The first-order valence-electron chi connectivity index (χ1n) is 6.78. The van der Waals surface area contributed by atoms with Gasteiger partial charge in [0.1, 0.15) is 0 Å². The molecule has 5 heteroatoms. The number of primary amides is 1. The lowest BCUT2D eigenvalue weighted by Gasteiger charge is -2.17. The smallest absolute Gasteiger partial charge is 0.234 e. The molecule has 0 aromatic carbocycles. The fourth-order valence-electron chi connectivity index (χ4n) is 2.58. The molecule has 0 bridgehead atoms. The summed E-state index contributed by atoms with van der Waals surface area (Å²) in [5.74, 6) is -0.272. The first kappa shape index (κ1) is 13.1. The van der Waals surface area contributed by atoms with Crippen LogP contribution in [0.2, 0.25) is 0 Å². The third-order valence-corrected chi connectivity index (χ3v) is 3.56. The van der Waals surface area contributed by atoms with Gasteiger partial charge in [0.15, 0.2) is 0 Å². The number of hydrogen-bond donors (Lipinski definition) is 2. The summed E-state index contributed by atoms with van der Waals surface area (Å²) in [6.45, 7) is 3.55. The van der Waals surface area contributed by atoms with Crippen LogP contribution in [-0.4, -0.2) is 28.0 Å². The van der Waals surface area contributed by atoms with Gasteiger partial charge < -0.3 is 15.6 Å². The van der Waals surface area contributed by atoms with Crippen LogP contribution < -0.4 is 11.1 Å². The number of rotatable bonds is 6. The van der Waals surface area contributed by atoms with Crippen molar-refractivity contribution in [2.24, 2.45) is 5.73 Å². The lowest BCUT2D eigenvalue weighted by atomic mass is 10.0. The molecule has 5 nitrogen and oxygen atoms in total. The monoisotopic (exact) mass is 250 g/mol. The number of aromatic nitrogens is 2. The zero-order chi connectivity index (χ0) is 13.0. The molecule has 1 atom stereocenters. The van der Waals surface area contributed by atoms with Crippen LogP contribution in [0.1, 0.15) is 37.6 Å². The van der Waals surface area contributed by atoms with Crippen LogP contribution in [0, 0.1) is 0 Å². The Labute approximate surface area is 108 Å². The van der Waals surface area contributed by atoms with Crippen LogP contribution in [0.5, 0.6) is 0 Å². The molecular formula is C13H22N4O. The van der Waals surface area contributed by atoms with Gasteiger partial charge in [-0.1, -0.05) is 6.92 Å². The number of imidazole rings is 1. The second kappa shape index (κ2) is 6.00. The van der Waals surface area contributed by atoms with Gasteiger partial charge in [0.25, 0.3) is 0 Å². The Hall–Kier alpha value is -1.36. The first-order chi connectivity index (χ1) is 8.72. The van der Waals surface area contributed by atoms with Crippen LogP contribution in [0.25, 0.3) is 0 Å². The lowest BCUT2D eigenvalue weighted by Crippen LogP contribution is -2.41. The van der Waals surface area contributed by atoms with Gasteiger partial charge >= 0.3 is 0 Å². The zero-order valence-corrected chi connectivity index (χ0v) is 11.0. The van der Waals surface area contributed by atoms with Gasteiger partial charge in [-0.3, -0.25) is 4.79 Å². The minimum Gasteiger partial charge on any atom is -0.368 e. The average molecular weight is 250 g/mol. The minimum atomic E-state index is -0.272. The molecule has 1 aromatic rings. The molecular weight excluding hydrogens is 228 g/mol. The second-order valence-corrected chi connectivity index (χ2v) is 4.84. The average Bonchev–Trinajstić information content (AvgIpc) is 2.77. The van der Waals surface area contributed by atoms with Gasteiger partial charge in [0.2, 0.25) is 5.91 Å². The third kappa shape index (κ3) is 2.90. The highest BCUT2D eigenvalue weighted by molar-refractivity contribution is 5.79. The third-order valence-electron chi connectivity index (χ3n) is 3.56. The van der Waals surface area contributed by atoms with E-state index in [4.69, 9.17) is 5.73 Å². The van der Waals surface area contributed by atoms with E-state index < -0.39 is 0 Å². The first-order valence-corrected chi connectivity index (χ1v) is 6.78. The van der Waals surface area contributed by atoms with E-state index in [1.54, 1.807) is 0 Å². The summed E-state index contributed by atoms with van der Waals surface area (Å²) in [5, 5.41) is 3.12. The van der Waals surface area contributed by atoms with Crippen molar-refractivity contribution in [3.63, 3.8) is 0 Å². The van der Waals surface area contributed by atoms with E-state index in [0.717, 1.165) is 32.4 Å². The van der Waals surface area contributed by atoms with Crippen molar-refractivity contribution in [1.29, 1.82) is 0 Å². The topological polar surface area (TPSA) is 72.9 Å². The summed E-state index contributed by atoms with van der Waals surface area (Å²) < 4.78 is 2.18. The summed E-state index contributed by atoms with van der Waals surface area (Å²) in [6, 6.07) is -0.239. The predicted molar refractivity (Wildman–Crippen MR) is 70.1 cm³/mol. The van der Waals surface area contributed by atoms with Crippen LogP contribution in [0.15, 0.2) is 6.33 Å². The summed E-state index contributed by atoms with van der Waals surface area (Å²) >= 11 is 0. The molecule has 3 N–H and O–H groups in total. The van der Waals surface area contributed by atoms with E-state index in [2.05, 4.69) is 14.9 Å². The van der Waals surface area contributed by atoms with Crippen LogP contribution in [0.4, 0.5) is 0 Å². The van der Waals surface area contributed by atoms with E-state index in [1.807, 2.05) is 13.3 Å². The van der Waals surface area contributed by atoms with Crippen molar-refractivity contribution in [1.82, 2.24) is 14.9 Å². The van der Waals surface area contributed by atoms with E-state index >= 15 is 0 Å². The highest BCUT2D eigenvalue weighted by Gasteiger charge is 2.17. The molecule has 0 spiro atoms. The maximum atomic E-state index is 11.3. The Morgan fingerprint density at radius 2 is 2.33 bits per heavy atom. The molecule has 18 heavy (non-hydrogen) atoms. The van der Waals surface area contributed by atoms with E-state index in [-0.39, 0.29) is 11.9 Å². The number of hydrogen-bond acceptors (Lipinski definition) is 3. The lowest BCUT2D eigenvalue weighted by molar-refractivity contribution is -0.120. The van der Waals surface area contributed by atoms with Gasteiger partial charge in [0, 0.05) is 12.2 Å². The van der Waals surface area contributed by atoms with Crippen LogP contribution in [-0.2, 0) is 24.2 Å². The van der Waals surface area contributed by atoms with Gasteiger partial charge in [-0.15, -0.1) is 0 Å². The maximum Gasteiger partial charge on any atom is 0.234 e. The van der Waals surface area contributed by atoms with Crippen molar-refractivity contribution >= 4 is 5.91 Å². The largest absolute Gasteiger partial charge is 0.368 e. The number of nitrogens with zero attached hydrogens (tertiary/aromatic N) is 2. The normalized spacial score (nSPS) is 16.3. The van der Waals surface area contributed by atoms with Crippen molar-refractivity contribution < 1.29 is 4.79 Å². The Kier molecular flexibility index (Phi) is 4.36. The van der Waals surface area contributed by atoms with E-state index in [1.165, 1.54) is 24.2 Å². The van der Waals surface area contributed by atoms with Crippen molar-refractivity contribution in [3.8, 4) is 0 Å². The molecule has 0 saturated carbocycles. The predicted octanol–water partition coefficient (Wildman–Crippen LogP) is 0.615. The molecule has 1 unspecified atom stereocenters. The number of carbonyl (C=O) groups excluding carboxylic acids is 1. The van der Waals surface area contributed by atoms with Crippen molar-refractivity contribution in [2.75, 3.05) is 6.54 Å². The molecule has 1 aromatic heterocycles. The Morgan fingerprint density at radius 3 is 3.06 bits per heavy atom.